The molecule has 0 spiro atoms. The molecule has 3 aromatic carbocycles. The quantitative estimate of drug-likeness (QED) is 0.331. The number of halogens is 3. The van der Waals surface area contributed by atoms with Crippen molar-refractivity contribution in [2.24, 2.45) is 5.10 Å². The minimum Gasteiger partial charge on any atom is -0.326 e. The fourth-order valence-electron chi connectivity index (χ4n) is 3.25. The molecule has 194 valence electrons. The van der Waals surface area contributed by atoms with Gasteiger partial charge >= 0.3 is 6.18 Å². The van der Waals surface area contributed by atoms with Crippen molar-refractivity contribution < 1.29 is 31.2 Å². The first kappa shape index (κ1) is 27.4. The van der Waals surface area contributed by atoms with Gasteiger partial charge in [0.05, 0.1) is 21.9 Å². The van der Waals surface area contributed by atoms with Crippen molar-refractivity contribution in [3.63, 3.8) is 0 Å². The third-order valence-corrected chi connectivity index (χ3v) is 6.84. The average Bonchev–Trinajstić information content (AvgIpc) is 2.86. The summed E-state index contributed by atoms with van der Waals surface area (Å²) in [7, 11) is -4.39. The first-order valence-corrected chi connectivity index (χ1v) is 12.3. The van der Waals surface area contributed by atoms with Crippen LogP contribution in [0.2, 0.25) is 0 Å². The van der Waals surface area contributed by atoms with Gasteiger partial charge in [0.1, 0.15) is 6.54 Å². The monoisotopic (exact) mass is 532 g/mol. The molecule has 0 saturated heterocycles. The molecule has 0 saturated carbocycles. The molecule has 0 aliphatic rings. The van der Waals surface area contributed by atoms with Gasteiger partial charge < -0.3 is 5.32 Å². The first-order chi connectivity index (χ1) is 17.4. The maximum Gasteiger partial charge on any atom is 0.416 e. The maximum atomic E-state index is 13.3. The molecule has 0 heterocycles. The third-order valence-electron chi connectivity index (χ3n) is 5.05. The Kier molecular flexibility index (Phi) is 8.33. The molecule has 0 aromatic heterocycles. The molecular formula is C25H23F3N4O4S. The lowest BCUT2D eigenvalue weighted by Gasteiger charge is -2.24. The summed E-state index contributed by atoms with van der Waals surface area (Å²) >= 11 is 0. The van der Waals surface area contributed by atoms with E-state index >= 15 is 0 Å². The fraction of sp³-hybridized carbons (Fsp3) is 0.160. The first-order valence-electron chi connectivity index (χ1n) is 10.8. The van der Waals surface area contributed by atoms with Crippen molar-refractivity contribution in [1.29, 1.82) is 0 Å². The Balaban J connectivity index is 1.86. The zero-order valence-corrected chi connectivity index (χ0v) is 20.6. The summed E-state index contributed by atoms with van der Waals surface area (Å²) in [6.07, 6.45) is -4.71. The van der Waals surface area contributed by atoms with Gasteiger partial charge in [-0.2, -0.15) is 18.3 Å². The number of anilines is 2. The van der Waals surface area contributed by atoms with Gasteiger partial charge in [-0.15, -0.1) is 0 Å². The van der Waals surface area contributed by atoms with Gasteiger partial charge in [0.2, 0.25) is 5.91 Å². The van der Waals surface area contributed by atoms with Gasteiger partial charge in [-0.05, 0) is 55.0 Å². The van der Waals surface area contributed by atoms with Crippen molar-refractivity contribution in [1.82, 2.24) is 5.43 Å². The van der Waals surface area contributed by atoms with Gasteiger partial charge in [-0.1, -0.05) is 36.4 Å². The molecule has 8 nitrogen and oxygen atoms in total. The second kappa shape index (κ2) is 11.2. The molecule has 2 amide bonds. The highest BCUT2D eigenvalue weighted by Crippen LogP contribution is 2.33. The summed E-state index contributed by atoms with van der Waals surface area (Å²) < 4.78 is 67.0. The number of carbonyl (C=O) groups excluding carboxylic acids is 2. The van der Waals surface area contributed by atoms with Crippen molar-refractivity contribution in [3.05, 3.63) is 90.0 Å². The summed E-state index contributed by atoms with van der Waals surface area (Å²) in [6.45, 7) is 2.15. The molecule has 12 heteroatoms. The van der Waals surface area contributed by atoms with E-state index in [2.05, 4.69) is 15.8 Å². The SMILES string of the molecule is CC(=O)Nc1ccc(/C(C)=N\NC(=O)CN(c2cccc(C(F)(F)F)c2)S(=O)(=O)c2ccccc2)cc1. The Bertz CT molecular complexity index is 1410. The number of amides is 2. The van der Waals surface area contributed by atoms with E-state index in [0.29, 0.717) is 27.3 Å². The van der Waals surface area contributed by atoms with Crippen LogP contribution in [0, 0.1) is 0 Å². The second-order valence-corrected chi connectivity index (χ2v) is 9.73. The Morgan fingerprint density at radius 3 is 2.16 bits per heavy atom. The van der Waals surface area contributed by atoms with E-state index in [-0.39, 0.29) is 16.5 Å². The molecule has 3 rings (SSSR count). The molecular weight excluding hydrogens is 509 g/mol. The number of hydrogen-bond donors (Lipinski definition) is 2. The summed E-state index contributed by atoms with van der Waals surface area (Å²) in [5.74, 6) is -1.10. The third kappa shape index (κ3) is 7.17. The molecule has 3 aromatic rings. The largest absolute Gasteiger partial charge is 0.416 e. The topological polar surface area (TPSA) is 108 Å². The Morgan fingerprint density at radius 2 is 1.57 bits per heavy atom. The van der Waals surface area contributed by atoms with Crippen LogP contribution in [0.4, 0.5) is 24.5 Å². The summed E-state index contributed by atoms with van der Waals surface area (Å²) in [5, 5.41) is 6.59. The second-order valence-electron chi connectivity index (χ2n) is 7.86. The van der Waals surface area contributed by atoms with Gasteiger partial charge in [0, 0.05) is 12.6 Å². The fourth-order valence-corrected chi connectivity index (χ4v) is 4.68. The van der Waals surface area contributed by atoms with E-state index in [1.165, 1.54) is 37.3 Å². The average molecular weight is 533 g/mol. The van der Waals surface area contributed by atoms with Crippen LogP contribution in [0.3, 0.4) is 0 Å². The lowest BCUT2D eigenvalue weighted by atomic mass is 10.1. The van der Waals surface area contributed by atoms with Gasteiger partial charge in [0.25, 0.3) is 15.9 Å². The molecule has 0 aliphatic heterocycles. The molecule has 0 radical (unpaired) electrons. The number of rotatable bonds is 8. The van der Waals surface area contributed by atoms with Crippen LogP contribution in [0.5, 0.6) is 0 Å². The minimum atomic E-state index is -4.71. The number of nitrogens with zero attached hydrogens (tertiary/aromatic N) is 2. The Labute approximate surface area is 211 Å². The van der Waals surface area contributed by atoms with Crippen LogP contribution >= 0.6 is 0 Å². The number of alkyl halides is 3. The van der Waals surface area contributed by atoms with Crippen molar-refractivity contribution in [2.45, 2.75) is 24.9 Å². The van der Waals surface area contributed by atoms with Crippen LogP contribution in [-0.4, -0.2) is 32.5 Å². The molecule has 0 aliphatic carbocycles. The van der Waals surface area contributed by atoms with Crippen LogP contribution in [0.15, 0.2) is 88.9 Å². The van der Waals surface area contributed by atoms with Gasteiger partial charge in [0.15, 0.2) is 0 Å². The molecule has 0 unspecified atom stereocenters. The maximum absolute atomic E-state index is 13.3. The van der Waals surface area contributed by atoms with Gasteiger partial charge in [-0.25, -0.2) is 13.8 Å². The lowest BCUT2D eigenvalue weighted by Crippen LogP contribution is -2.39. The van der Waals surface area contributed by atoms with Crippen LogP contribution < -0.4 is 15.0 Å². The van der Waals surface area contributed by atoms with Crippen molar-refractivity contribution in [3.8, 4) is 0 Å². The Hall–Kier alpha value is -4.19. The summed E-state index contributed by atoms with van der Waals surface area (Å²) in [5.41, 5.74) is 2.41. The molecule has 37 heavy (non-hydrogen) atoms. The van der Waals surface area contributed by atoms with Crippen molar-refractivity contribution in [2.75, 3.05) is 16.2 Å². The predicted molar refractivity (Wildman–Crippen MR) is 134 cm³/mol. The van der Waals surface area contributed by atoms with Crippen molar-refractivity contribution >= 4 is 38.9 Å². The standard InChI is InChI=1S/C25H23F3N4O4S/c1-17(19-11-13-21(14-12-19)29-18(2)33)30-31-24(34)16-32(37(35,36)23-9-4-3-5-10-23)22-8-6-7-20(15-22)25(26,27)28/h3-15H,16H2,1-2H3,(H,29,33)(H,31,34)/b30-17-. The summed E-state index contributed by atoms with van der Waals surface area (Å²) in [6, 6.07) is 17.4. The predicted octanol–water partition coefficient (Wildman–Crippen LogP) is 4.40. The van der Waals surface area contributed by atoms with E-state index in [1.807, 2.05) is 0 Å². The Morgan fingerprint density at radius 1 is 0.919 bits per heavy atom. The van der Waals surface area contributed by atoms with E-state index in [1.54, 1.807) is 37.3 Å². The number of benzene rings is 3. The van der Waals surface area contributed by atoms with Crippen LogP contribution in [0.1, 0.15) is 25.0 Å². The zero-order chi connectivity index (χ0) is 27.2. The van der Waals surface area contributed by atoms with E-state index < -0.39 is 34.2 Å². The summed E-state index contributed by atoms with van der Waals surface area (Å²) in [4.78, 5) is 23.7. The van der Waals surface area contributed by atoms with Crippen LogP contribution in [0.25, 0.3) is 0 Å². The smallest absolute Gasteiger partial charge is 0.326 e. The lowest BCUT2D eigenvalue weighted by molar-refractivity contribution is -0.137. The molecule has 0 fully saturated rings. The van der Waals surface area contributed by atoms with E-state index in [0.717, 1.165) is 12.1 Å². The van der Waals surface area contributed by atoms with E-state index in [9.17, 15) is 31.2 Å². The molecule has 0 bridgehead atoms. The number of nitrogens with one attached hydrogen (secondary N) is 2. The number of hydrogen-bond acceptors (Lipinski definition) is 5. The number of sulfonamides is 1. The highest BCUT2D eigenvalue weighted by atomic mass is 32.2. The highest BCUT2D eigenvalue weighted by Gasteiger charge is 2.33. The molecule has 2 N–H and O–H groups in total. The highest BCUT2D eigenvalue weighted by molar-refractivity contribution is 7.92. The number of carbonyl (C=O) groups is 2. The number of hydrazone groups is 1. The van der Waals surface area contributed by atoms with Gasteiger partial charge in [-0.3, -0.25) is 13.9 Å². The van der Waals surface area contributed by atoms with E-state index in [4.69, 9.17) is 0 Å². The minimum absolute atomic E-state index is 0.195. The molecule has 0 atom stereocenters. The zero-order valence-electron chi connectivity index (χ0n) is 19.8. The van der Waals surface area contributed by atoms with Crippen LogP contribution in [-0.2, 0) is 25.8 Å². The normalized spacial score (nSPS) is 12.1.